The molecule has 1 aromatic rings. The summed E-state index contributed by atoms with van der Waals surface area (Å²) < 4.78 is 0. The van der Waals surface area contributed by atoms with E-state index >= 15 is 0 Å². The monoisotopic (exact) mass is 1190 g/mol. The molecule has 9 atom stereocenters. The number of hydrogen-bond acceptors (Lipinski definition) is 17. The van der Waals surface area contributed by atoms with Crippen LogP contribution in [-0.2, 0) is 59.2 Å². The van der Waals surface area contributed by atoms with Gasteiger partial charge in [0.2, 0.25) is 65.0 Å². The van der Waals surface area contributed by atoms with Crippen molar-refractivity contribution in [3.05, 3.63) is 18.2 Å². The number of H-pyrrole nitrogens is 1. The van der Waals surface area contributed by atoms with Crippen molar-refractivity contribution in [2.75, 3.05) is 39.3 Å². The minimum atomic E-state index is -1.52. The zero-order valence-corrected chi connectivity index (χ0v) is 49.4. The van der Waals surface area contributed by atoms with E-state index in [0.29, 0.717) is 63.7 Å². The smallest absolute Gasteiger partial charge is 0.243 e. The fourth-order valence-electron chi connectivity index (χ4n) is 8.53. The first-order valence-electron chi connectivity index (χ1n) is 29.0. The lowest BCUT2D eigenvalue weighted by Gasteiger charge is -2.28. The molecule has 0 saturated heterocycles. The zero-order chi connectivity index (χ0) is 63.1. The van der Waals surface area contributed by atoms with Gasteiger partial charge in [-0.25, -0.2) is 4.98 Å². The molecule has 1 rings (SSSR count). The lowest BCUT2D eigenvalue weighted by molar-refractivity contribution is -0.136. The molecule has 31 heteroatoms. The quantitative estimate of drug-likeness (QED) is 0.0165. The summed E-state index contributed by atoms with van der Waals surface area (Å²) in [7, 11) is 0. The van der Waals surface area contributed by atoms with Gasteiger partial charge in [-0.3, -0.25) is 58.1 Å². The molecule has 0 aromatic carbocycles. The van der Waals surface area contributed by atoms with E-state index in [2.05, 4.69) is 63.1 Å². The number of nitrogens with zero attached hydrogens (tertiary/aromatic N) is 1. The number of rotatable bonds is 46. The van der Waals surface area contributed by atoms with E-state index in [1.807, 2.05) is 13.8 Å². The van der Waals surface area contributed by atoms with Gasteiger partial charge in [-0.05, 0) is 135 Å². The van der Waals surface area contributed by atoms with Crippen LogP contribution in [0.2, 0.25) is 0 Å². The minimum Gasteiger partial charge on any atom is -0.370 e. The minimum absolute atomic E-state index is 0.0289. The summed E-state index contributed by atoms with van der Waals surface area (Å²) in [6.45, 7) is 7.64. The molecule has 0 spiro atoms. The maximum Gasteiger partial charge on any atom is 0.243 e. The Balaban J connectivity index is 3.51. The van der Waals surface area contributed by atoms with Crippen molar-refractivity contribution in [1.29, 1.82) is 5.41 Å². The highest BCUT2D eigenvalue weighted by Crippen LogP contribution is 2.12. The first-order valence-corrected chi connectivity index (χ1v) is 29.0. The van der Waals surface area contributed by atoms with Crippen molar-refractivity contribution in [3.63, 3.8) is 0 Å². The van der Waals surface area contributed by atoms with Gasteiger partial charge in [0, 0.05) is 37.2 Å². The second kappa shape index (κ2) is 42.3. The largest absolute Gasteiger partial charge is 0.370 e. The first kappa shape index (κ1) is 74.5. The molecule has 1 aromatic heterocycles. The van der Waals surface area contributed by atoms with Crippen LogP contribution in [0.25, 0.3) is 0 Å². The van der Waals surface area contributed by atoms with Gasteiger partial charge >= 0.3 is 0 Å². The third kappa shape index (κ3) is 31.8. The van der Waals surface area contributed by atoms with E-state index < -0.39 is 126 Å². The van der Waals surface area contributed by atoms with Crippen molar-refractivity contribution < 1.29 is 52.7 Å². The maximum atomic E-state index is 14.4. The van der Waals surface area contributed by atoms with Gasteiger partial charge in [-0.2, -0.15) is 0 Å². The van der Waals surface area contributed by atoms with Crippen LogP contribution < -0.4 is 93.3 Å². The molecule has 0 bridgehead atoms. The molecule has 26 N–H and O–H groups in total. The Hall–Kier alpha value is -7.51. The molecule has 476 valence electrons. The summed E-state index contributed by atoms with van der Waals surface area (Å²) in [6, 6.07) is -10.4. The summed E-state index contributed by atoms with van der Waals surface area (Å²) in [5.41, 5.74) is 39.6. The van der Waals surface area contributed by atoms with Crippen molar-refractivity contribution in [2.45, 2.75) is 192 Å². The van der Waals surface area contributed by atoms with Crippen molar-refractivity contribution in [2.24, 2.45) is 52.0 Å². The van der Waals surface area contributed by atoms with Crippen LogP contribution >= 0.6 is 0 Å². The van der Waals surface area contributed by atoms with Gasteiger partial charge in [0.1, 0.15) is 48.3 Å². The lowest BCUT2D eigenvalue weighted by Crippen LogP contribution is -2.60. The topological polar surface area (TPSA) is 543 Å². The van der Waals surface area contributed by atoms with E-state index in [-0.39, 0.29) is 95.2 Å². The first-order chi connectivity index (χ1) is 39.9. The Morgan fingerprint density at radius 1 is 0.488 bits per heavy atom. The molecule has 0 fully saturated rings. The highest BCUT2D eigenvalue weighted by Gasteiger charge is 2.35. The number of aromatic nitrogens is 2. The van der Waals surface area contributed by atoms with Gasteiger partial charge in [-0.15, -0.1) is 0 Å². The molecule has 0 aliphatic rings. The van der Waals surface area contributed by atoms with Crippen molar-refractivity contribution in [1.82, 2.24) is 63.1 Å². The molecule has 84 heavy (non-hydrogen) atoms. The molecular formula is C53H98N20O11. The van der Waals surface area contributed by atoms with Gasteiger partial charge < -0.3 is 98.3 Å². The number of carbonyl (C=O) groups excluding carboxylic acids is 11. The zero-order valence-electron chi connectivity index (χ0n) is 49.4. The Kier molecular flexibility index (Phi) is 37.5. The number of nitrogens with one attached hydrogen (secondary N) is 12. The van der Waals surface area contributed by atoms with Gasteiger partial charge in [-0.1, -0.05) is 27.2 Å². The second-order valence-corrected chi connectivity index (χ2v) is 21.3. The number of nitrogens with two attached hydrogens (primary N) is 7. The number of imidazole rings is 1. The van der Waals surface area contributed by atoms with Crippen LogP contribution in [0.1, 0.15) is 143 Å². The van der Waals surface area contributed by atoms with Crippen LogP contribution in [-0.4, -0.2) is 169 Å². The molecule has 0 radical (unpaired) electrons. The van der Waals surface area contributed by atoms with Crippen LogP contribution in [0.4, 0.5) is 0 Å². The van der Waals surface area contributed by atoms with Crippen LogP contribution in [0.5, 0.6) is 0 Å². The number of amides is 11. The van der Waals surface area contributed by atoms with E-state index in [1.54, 1.807) is 6.92 Å². The molecular weight excluding hydrogens is 1090 g/mol. The number of guanidine groups is 1. The summed E-state index contributed by atoms with van der Waals surface area (Å²) in [4.78, 5) is 155. The van der Waals surface area contributed by atoms with Crippen LogP contribution in [0.3, 0.4) is 0 Å². The third-order valence-corrected chi connectivity index (χ3v) is 13.4. The molecule has 31 nitrogen and oxygen atoms in total. The normalized spacial score (nSPS) is 14.3. The number of carbonyl (C=O) groups is 11. The van der Waals surface area contributed by atoms with Gasteiger partial charge in [0.15, 0.2) is 5.96 Å². The summed E-state index contributed by atoms with van der Waals surface area (Å²) in [6.07, 6.45) is 6.86. The summed E-state index contributed by atoms with van der Waals surface area (Å²) in [5.74, 6) is -9.32. The fraction of sp³-hybridized carbons (Fsp3) is 0.717. The Morgan fingerprint density at radius 3 is 1.37 bits per heavy atom. The Morgan fingerprint density at radius 2 is 0.917 bits per heavy atom. The predicted octanol–water partition coefficient (Wildman–Crippen LogP) is -4.82. The number of aromatic amines is 1. The van der Waals surface area contributed by atoms with Crippen molar-refractivity contribution >= 4 is 70.9 Å². The third-order valence-electron chi connectivity index (χ3n) is 13.4. The van der Waals surface area contributed by atoms with Gasteiger partial charge in [0.25, 0.3) is 0 Å². The van der Waals surface area contributed by atoms with E-state index in [9.17, 15) is 52.7 Å². The predicted molar refractivity (Wildman–Crippen MR) is 313 cm³/mol. The highest BCUT2D eigenvalue weighted by molar-refractivity contribution is 5.98. The molecule has 1 heterocycles. The maximum absolute atomic E-state index is 14.4. The number of unbranched alkanes of at least 4 members (excludes halogenated alkanes) is 4. The van der Waals surface area contributed by atoms with E-state index in [0.717, 1.165) is 6.42 Å². The molecule has 11 amide bonds. The summed E-state index contributed by atoms with van der Waals surface area (Å²) in [5, 5.41) is 33.8. The van der Waals surface area contributed by atoms with E-state index in [4.69, 9.17) is 45.5 Å². The Labute approximate surface area is 491 Å². The second-order valence-electron chi connectivity index (χ2n) is 21.3. The van der Waals surface area contributed by atoms with Gasteiger partial charge in [0.05, 0.1) is 12.9 Å². The molecule has 0 unspecified atom stereocenters. The average molecular weight is 1190 g/mol. The summed E-state index contributed by atoms with van der Waals surface area (Å²) >= 11 is 0. The molecule has 0 aliphatic heterocycles. The fourth-order valence-corrected chi connectivity index (χ4v) is 8.53. The van der Waals surface area contributed by atoms with Crippen LogP contribution in [0, 0.1) is 17.2 Å². The van der Waals surface area contributed by atoms with Crippen molar-refractivity contribution in [3.8, 4) is 0 Å². The standard InChI is InChI=1S/C53H98N20O11/c1-31(2)26-40(51(83)68-35(44(59)76)15-6-10-22-55)73-46(78)33(4)66-47(79)36(16-7-11-23-56)69-49(81)38(18-13-25-63-53(60)61)71-48(80)37(17-8-12-24-57)70-50(82)39(19-20-42(58)74)72-52(84)41(27-34-28-62-30-65-34)67-43(75)29-64-45(77)32(3)14-5-9-21-54/h28,30-33,35-41H,5-27,29,54-57H2,1-4H3,(H2,58,74)(H2,59,76)(H,62,65)(H,64,77)(H,66,79)(H,67,75)(H,68,83)(H,69,81)(H,70,82)(H,71,80)(H,72,84)(H,73,78)(H4,60,61,63)/t32-,33-,35-,36-,37-,38-,39-,40-,41-/m0/s1. The van der Waals surface area contributed by atoms with E-state index in [1.165, 1.54) is 19.4 Å². The SMILES string of the molecule is CC(C)C[C@H](NC(=O)[C@H](C)NC(=O)[C@H](CCCCN)NC(=O)[C@H](CCCNC(=N)N)NC(=O)[C@H](CCCCN)NC(=O)[C@H](CCC(N)=O)NC(=O)[C@H](Cc1cnc[nH]1)NC(=O)CNC(=O)[C@@H](C)CCCCN)C(=O)N[C@@H](CCCCN)C(N)=O. The number of primary amides is 2. The Bertz CT molecular complexity index is 2240. The lowest BCUT2D eigenvalue weighted by atomic mass is 10.0. The van der Waals surface area contributed by atoms with Crippen LogP contribution in [0.15, 0.2) is 12.5 Å². The molecule has 0 saturated carbocycles. The molecule has 0 aliphatic carbocycles. The average Bonchev–Trinajstić information content (AvgIpc) is 4.00. The number of hydrogen-bond donors (Lipinski definition) is 19. The highest BCUT2D eigenvalue weighted by atomic mass is 16.2.